The molecule has 0 heterocycles. The van der Waals surface area contributed by atoms with Crippen LogP contribution < -0.4 is 0 Å². The van der Waals surface area contributed by atoms with E-state index in [4.69, 9.17) is 23.2 Å². The normalized spacial score (nSPS) is 11.3. The molecule has 0 aliphatic carbocycles. The molecule has 4 nitrogen and oxygen atoms in total. The molecule has 3 aromatic carbocycles. The van der Waals surface area contributed by atoms with Crippen LogP contribution in [0.2, 0.25) is 10.0 Å². The van der Waals surface area contributed by atoms with Crippen LogP contribution in [0.15, 0.2) is 76.7 Å². The van der Waals surface area contributed by atoms with E-state index in [0.717, 1.165) is 11.1 Å². The molecule has 0 unspecified atom stereocenters. The average molecular weight is 397 g/mol. The lowest BCUT2D eigenvalue weighted by Crippen LogP contribution is -1.95. The van der Waals surface area contributed by atoms with Crippen LogP contribution in [-0.2, 0) is 0 Å². The quantitative estimate of drug-likeness (QED) is 0.522. The van der Waals surface area contributed by atoms with Gasteiger partial charge in [0.15, 0.2) is 0 Å². The Balaban J connectivity index is 1.93. The number of halogens is 2. The molecule has 0 bridgehead atoms. The smallest absolute Gasteiger partial charge is 0.335 e. The summed E-state index contributed by atoms with van der Waals surface area (Å²) in [4.78, 5) is 20.1. The van der Waals surface area contributed by atoms with Gasteiger partial charge in [0.1, 0.15) is 0 Å². The van der Waals surface area contributed by atoms with Crippen molar-refractivity contribution in [3.8, 4) is 0 Å². The molecule has 1 N–H and O–H groups in total. The summed E-state index contributed by atoms with van der Waals surface area (Å²) in [6.07, 6.45) is 3.31. The molecule has 0 saturated carbocycles. The molecule has 0 aliphatic heterocycles. The van der Waals surface area contributed by atoms with Gasteiger partial charge in [-0.1, -0.05) is 47.5 Å². The van der Waals surface area contributed by atoms with E-state index in [1.165, 1.54) is 12.1 Å². The van der Waals surface area contributed by atoms with Crippen molar-refractivity contribution in [1.82, 2.24) is 0 Å². The van der Waals surface area contributed by atoms with Crippen LogP contribution in [0.5, 0.6) is 0 Å². The lowest BCUT2D eigenvalue weighted by molar-refractivity contribution is 0.0697. The van der Waals surface area contributed by atoms with Gasteiger partial charge in [0.2, 0.25) is 0 Å². The number of aromatic carboxylic acids is 1. The molecular weight excluding hydrogens is 383 g/mol. The van der Waals surface area contributed by atoms with Crippen molar-refractivity contribution in [2.75, 3.05) is 0 Å². The largest absolute Gasteiger partial charge is 0.478 e. The van der Waals surface area contributed by atoms with E-state index < -0.39 is 5.97 Å². The number of hydrogen-bond donors (Lipinski definition) is 1. The van der Waals surface area contributed by atoms with Crippen molar-refractivity contribution in [1.29, 1.82) is 0 Å². The van der Waals surface area contributed by atoms with Crippen molar-refractivity contribution < 1.29 is 9.90 Å². The summed E-state index contributed by atoms with van der Waals surface area (Å²) in [6, 6.07) is 19.0. The molecule has 0 radical (unpaired) electrons. The second-order valence-electron chi connectivity index (χ2n) is 5.63. The molecule has 3 rings (SSSR count). The predicted octanol–water partition coefficient (Wildman–Crippen LogP) is 6.19. The van der Waals surface area contributed by atoms with Gasteiger partial charge in [0.05, 0.1) is 16.9 Å². The van der Waals surface area contributed by atoms with E-state index in [-0.39, 0.29) is 5.56 Å². The van der Waals surface area contributed by atoms with Gasteiger partial charge in [0.25, 0.3) is 0 Å². The highest BCUT2D eigenvalue weighted by molar-refractivity contribution is 6.30. The number of hydrogen-bond acceptors (Lipinski definition) is 3. The Bertz CT molecular complexity index is 1010. The molecule has 134 valence electrons. The minimum Gasteiger partial charge on any atom is -0.478 e. The monoisotopic (exact) mass is 396 g/mol. The van der Waals surface area contributed by atoms with E-state index >= 15 is 0 Å². The fraction of sp³-hybridized carbons (Fsp3) is 0. The summed E-state index contributed by atoms with van der Waals surface area (Å²) in [5.41, 5.74) is 2.86. The fourth-order valence-corrected chi connectivity index (χ4v) is 2.51. The third-order valence-corrected chi connectivity index (χ3v) is 4.17. The third kappa shape index (κ3) is 5.26. The Hall–Kier alpha value is -2.95. The van der Waals surface area contributed by atoms with E-state index in [9.17, 15) is 9.90 Å². The Kier molecular flexibility index (Phi) is 6.01. The first kappa shape index (κ1) is 18.8. The lowest BCUT2D eigenvalue weighted by Gasteiger charge is -2.03. The van der Waals surface area contributed by atoms with Crippen molar-refractivity contribution in [2.24, 2.45) is 9.98 Å². The zero-order chi connectivity index (χ0) is 19.2. The molecule has 0 amide bonds. The van der Waals surface area contributed by atoms with Crippen LogP contribution in [0.4, 0.5) is 11.4 Å². The van der Waals surface area contributed by atoms with Crippen LogP contribution in [0.25, 0.3) is 0 Å². The van der Waals surface area contributed by atoms with Gasteiger partial charge in [-0.3, -0.25) is 9.98 Å². The van der Waals surface area contributed by atoms with E-state index in [2.05, 4.69) is 9.98 Å². The highest BCUT2D eigenvalue weighted by Gasteiger charge is 2.07. The molecule has 0 atom stereocenters. The predicted molar refractivity (Wildman–Crippen MR) is 111 cm³/mol. The Morgan fingerprint density at radius 2 is 1.22 bits per heavy atom. The number of aliphatic imine (C=N–C) groups is 2. The molecule has 0 fully saturated rings. The van der Waals surface area contributed by atoms with Gasteiger partial charge in [-0.15, -0.1) is 0 Å². The van der Waals surface area contributed by atoms with Crippen LogP contribution in [0, 0.1) is 0 Å². The van der Waals surface area contributed by atoms with Gasteiger partial charge >= 0.3 is 5.97 Å². The van der Waals surface area contributed by atoms with Crippen molar-refractivity contribution in [3.63, 3.8) is 0 Å². The van der Waals surface area contributed by atoms with E-state index in [0.29, 0.717) is 21.4 Å². The SMILES string of the molecule is O=C(O)c1ccc(N=Cc2ccc(Cl)cc2)c(N=Cc2ccc(Cl)cc2)c1. The summed E-state index contributed by atoms with van der Waals surface area (Å²) in [5, 5.41) is 10.5. The fourth-order valence-electron chi connectivity index (χ4n) is 2.25. The maximum Gasteiger partial charge on any atom is 0.335 e. The lowest BCUT2D eigenvalue weighted by atomic mass is 10.1. The van der Waals surface area contributed by atoms with Crippen molar-refractivity contribution in [2.45, 2.75) is 0 Å². The molecule has 0 aromatic heterocycles. The van der Waals surface area contributed by atoms with Crippen LogP contribution in [0.3, 0.4) is 0 Å². The maximum atomic E-state index is 11.3. The summed E-state index contributed by atoms with van der Waals surface area (Å²) in [5.74, 6) is -1.02. The van der Waals surface area contributed by atoms with Crippen molar-refractivity contribution >= 4 is 53.0 Å². The van der Waals surface area contributed by atoms with E-state index in [1.54, 1.807) is 42.8 Å². The molecule has 6 heteroatoms. The minimum absolute atomic E-state index is 0.142. The van der Waals surface area contributed by atoms with Gasteiger partial charge in [-0.25, -0.2) is 4.79 Å². The summed E-state index contributed by atoms with van der Waals surface area (Å²) in [7, 11) is 0. The highest BCUT2D eigenvalue weighted by Crippen LogP contribution is 2.29. The number of rotatable bonds is 5. The molecule has 0 aliphatic rings. The van der Waals surface area contributed by atoms with Gasteiger partial charge in [-0.05, 0) is 53.6 Å². The van der Waals surface area contributed by atoms with Gasteiger partial charge in [0, 0.05) is 22.5 Å². The topological polar surface area (TPSA) is 62.0 Å². The zero-order valence-corrected chi connectivity index (χ0v) is 15.5. The number of nitrogens with zero attached hydrogens (tertiary/aromatic N) is 2. The maximum absolute atomic E-state index is 11.3. The molecular formula is C21H14Cl2N2O2. The first-order valence-corrected chi connectivity index (χ1v) is 8.73. The highest BCUT2D eigenvalue weighted by atomic mass is 35.5. The third-order valence-electron chi connectivity index (χ3n) is 3.67. The Labute approximate surface area is 166 Å². The molecule has 3 aromatic rings. The van der Waals surface area contributed by atoms with Crippen LogP contribution in [-0.4, -0.2) is 23.5 Å². The standard InChI is InChI=1S/C21H14Cl2N2O2/c22-17-6-1-14(2-7-17)12-24-19-10-5-16(21(26)27)11-20(19)25-13-15-3-8-18(23)9-4-15/h1-13H,(H,26,27). The van der Waals surface area contributed by atoms with Gasteiger partial charge in [-0.2, -0.15) is 0 Å². The first-order valence-electron chi connectivity index (χ1n) is 7.98. The zero-order valence-electron chi connectivity index (χ0n) is 14.0. The summed E-state index contributed by atoms with van der Waals surface area (Å²) in [6.45, 7) is 0. The first-order chi connectivity index (χ1) is 13.0. The Morgan fingerprint density at radius 3 is 1.70 bits per heavy atom. The van der Waals surface area contributed by atoms with Crippen LogP contribution in [0.1, 0.15) is 21.5 Å². The average Bonchev–Trinajstić information content (AvgIpc) is 2.67. The van der Waals surface area contributed by atoms with Gasteiger partial charge < -0.3 is 5.11 Å². The summed E-state index contributed by atoms with van der Waals surface area (Å²) < 4.78 is 0. The second-order valence-corrected chi connectivity index (χ2v) is 6.50. The number of benzene rings is 3. The van der Waals surface area contributed by atoms with E-state index in [1.807, 2.05) is 24.3 Å². The van der Waals surface area contributed by atoms with Crippen molar-refractivity contribution in [3.05, 3.63) is 93.5 Å². The second kappa shape index (κ2) is 8.62. The molecule has 0 spiro atoms. The Morgan fingerprint density at radius 1 is 0.741 bits per heavy atom. The number of carboxylic acids is 1. The minimum atomic E-state index is -1.02. The molecule has 0 saturated heterocycles. The van der Waals surface area contributed by atoms with Crippen LogP contribution >= 0.6 is 23.2 Å². The summed E-state index contributed by atoms with van der Waals surface area (Å²) >= 11 is 11.8. The number of carbonyl (C=O) groups is 1. The number of carboxylic acid groups (broad SMARTS) is 1. The molecule has 27 heavy (non-hydrogen) atoms.